The van der Waals surface area contributed by atoms with Crippen LogP contribution in [0.1, 0.15) is 25.8 Å². The molecule has 0 aromatic heterocycles. The van der Waals surface area contributed by atoms with Gasteiger partial charge >= 0.3 is 0 Å². The fourth-order valence-corrected chi connectivity index (χ4v) is 3.93. The van der Waals surface area contributed by atoms with Gasteiger partial charge in [0.1, 0.15) is 5.82 Å². The van der Waals surface area contributed by atoms with Gasteiger partial charge in [-0.15, -0.1) is 0 Å². The van der Waals surface area contributed by atoms with Crippen LogP contribution >= 0.6 is 24.0 Å². The minimum atomic E-state index is -0.419. The number of anilines is 1. The first-order valence-electron chi connectivity index (χ1n) is 8.81. The molecule has 0 radical (unpaired) electrons. The van der Waals surface area contributed by atoms with E-state index in [2.05, 4.69) is 0 Å². The molecule has 2 aromatic carbocycles. The van der Waals surface area contributed by atoms with Gasteiger partial charge in [0.2, 0.25) is 0 Å². The zero-order chi connectivity index (χ0) is 20.3. The van der Waals surface area contributed by atoms with Crippen LogP contribution in [0.3, 0.4) is 0 Å². The van der Waals surface area contributed by atoms with E-state index in [1.54, 1.807) is 25.3 Å². The summed E-state index contributed by atoms with van der Waals surface area (Å²) in [6.07, 6.45) is 2.70. The minimum absolute atomic E-state index is 0.0715. The molecular weight excluding hydrogens is 397 g/mol. The van der Waals surface area contributed by atoms with Crippen LogP contribution in [-0.4, -0.2) is 23.4 Å². The molecule has 1 aliphatic rings. The molecule has 0 N–H and O–H groups in total. The van der Waals surface area contributed by atoms with Crippen molar-refractivity contribution in [2.24, 2.45) is 0 Å². The summed E-state index contributed by atoms with van der Waals surface area (Å²) in [4.78, 5) is 14.6. The van der Waals surface area contributed by atoms with E-state index in [0.29, 0.717) is 26.4 Å². The molecule has 1 saturated heterocycles. The maximum atomic E-state index is 13.5. The van der Waals surface area contributed by atoms with Crippen molar-refractivity contribution in [3.8, 4) is 11.5 Å². The molecule has 146 valence electrons. The number of nitrogens with zero attached hydrogens (tertiary/aromatic N) is 1. The van der Waals surface area contributed by atoms with Gasteiger partial charge in [-0.3, -0.25) is 9.69 Å². The predicted molar refractivity (Wildman–Crippen MR) is 115 cm³/mol. The van der Waals surface area contributed by atoms with Crippen molar-refractivity contribution in [2.45, 2.75) is 26.4 Å². The van der Waals surface area contributed by atoms with Crippen molar-refractivity contribution < 1.29 is 18.7 Å². The van der Waals surface area contributed by atoms with Gasteiger partial charge in [-0.25, -0.2) is 4.39 Å². The highest BCUT2D eigenvalue weighted by molar-refractivity contribution is 8.27. The van der Waals surface area contributed by atoms with Crippen LogP contribution in [0.25, 0.3) is 6.08 Å². The number of methoxy groups -OCH3 is 1. The van der Waals surface area contributed by atoms with Crippen LogP contribution in [0.4, 0.5) is 10.1 Å². The Labute approximate surface area is 173 Å². The number of rotatable bonds is 6. The lowest BCUT2D eigenvalue weighted by atomic mass is 10.1. The summed E-state index contributed by atoms with van der Waals surface area (Å²) >= 11 is 6.51. The van der Waals surface area contributed by atoms with Gasteiger partial charge in [-0.05, 0) is 55.3 Å². The highest BCUT2D eigenvalue weighted by atomic mass is 32.2. The first-order chi connectivity index (χ1) is 13.4. The molecule has 1 amide bonds. The number of hydrogen-bond acceptors (Lipinski definition) is 5. The number of amides is 1. The summed E-state index contributed by atoms with van der Waals surface area (Å²) in [5.74, 6) is 0.549. The Morgan fingerprint density at radius 1 is 1.25 bits per heavy atom. The number of carbonyl (C=O) groups excluding carboxylic acids is 1. The summed E-state index contributed by atoms with van der Waals surface area (Å²) in [5.41, 5.74) is 1.20. The van der Waals surface area contributed by atoms with Crippen LogP contribution in [0.15, 0.2) is 47.4 Å². The van der Waals surface area contributed by atoms with Crippen LogP contribution < -0.4 is 14.4 Å². The van der Waals surface area contributed by atoms with Crippen LogP contribution in [-0.2, 0) is 4.79 Å². The van der Waals surface area contributed by atoms with Gasteiger partial charge in [0.25, 0.3) is 5.91 Å². The average molecular weight is 418 g/mol. The fourth-order valence-electron chi connectivity index (χ4n) is 2.63. The Hall–Kier alpha value is -2.38. The number of thioether (sulfide) groups is 1. The number of benzene rings is 2. The summed E-state index contributed by atoms with van der Waals surface area (Å²) in [7, 11) is 1.58. The second kappa shape index (κ2) is 8.75. The maximum Gasteiger partial charge on any atom is 0.270 e. The largest absolute Gasteiger partial charge is 0.493 e. The molecule has 4 nitrogen and oxygen atoms in total. The molecule has 1 heterocycles. The smallest absolute Gasteiger partial charge is 0.270 e. The van der Waals surface area contributed by atoms with Crippen molar-refractivity contribution in [3.63, 3.8) is 0 Å². The highest BCUT2D eigenvalue weighted by Crippen LogP contribution is 2.37. The van der Waals surface area contributed by atoms with E-state index < -0.39 is 5.82 Å². The summed E-state index contributed by atoms with van der Waals surface area (Å²) in [6.45, 7) is 4.04. The third kappa shape index (κ3) is 4.36. The lowest BCUT2D eigenvalue weighted by Crippen LogP contribution is -2.27. The lowest BCUT2D eigenvalue weighted by Gasteiger charge is -2.16. The molecule has 0 bridgehead atoms. The zero-order valence-corrected chi connectivity index (χ0v) is 17.4. The topological polar surface area (TPSA) is 38.8 Å². The SMILES string of the molecule is CC[C@@H](C)Oc1ccc(/C=C2/SC(=S)N(c3cccc(F)c3)C2=O)cc1OC. The van der Waals surface area contributed by atoms with Crippen LogP contribution in [0.2, 0.25) is 0 Å². The number of ether oxygens (including phenoxy) is 2. The van der Waals surface area contributed by atoms with Gasteiger partial charge in [-0.1, -0.05) is 43.0 Å². The van der Waals surface area contributed by atoms with Gasteiger partial charge < -0.3 is 9.47 Å². The third-order valence-electron chi connectivity index (χ3n) is 4.25. The lowest BCUT2D eigenvalue weighted by molar-refractivity contribution is -0.113. The minimum Gasteiger partial charge on any atom is -0.493 e. The van der Waals surface area contributed by atoms with E-state index in [4.69, 9.17) is 21.7 Å². The van der Waals surface area contributed by atoms with E-state index >= 15 is 0 Å². The van der Waals surface area contributed by atoms with Crippen molar-refractivity contribution in [1.82, 2.24) is 0 Å². The fraction of sp³-hybridized carbons (Fsp3) is 0.238. The van der Waals surface area contributed by atoms with E-state index in [0.717, 1.165) is 12.0 Å². The molecule has 0 aliphatic carbocycles. The van der Waals surface area contributed by atoms with E-state index in [-0.39, 0.29) is 12.0 Å². The molecule has 2 aromatic rings. The second-order valence-electron chi connectivity index (χ2n) is 6.24. The summed E-state index contributed by atoms with van der Waals surface area (Å²) in [5, 5.41) is 0. The van der Waals surface area contributed by atoms with Gasteiger partial charge in [0, 0.05) is 0 Å². The first-order valence-corrected chi connectivity index (χ1v) is 10.0. The Balaban J connectivity index is 1.87. The molecule has 28 heavy (non-hydrogen) atoms. The van der Waals surface area contributed by atoms with Gasteiger partial charge in [0.05, 0.1) is 23.8 Å². The number of carbonyl (C=O) groups is 1. The quantitative estimate of drug-likeness (QED) is 0.464. The zero-order valence-electron chi connectivity index (χ0n) is 15.8. The second-order valence-corrected chi connectivity index (χ2v) is 7.92. The van der Waals surface area contributed by atoms with Crippen LogP contribution in [0.5, 0.6) is 11.5 Å². The molecule has 0 spiro atoms. The molecule has 1 atom stereocenters. The Morgan fingerprint density at radius 2 is 2.04 bits per heavy atom. The summed E-state index contributed by atoms with van der Waals surface area (Å²) in [6, 6.07) is 11.3. The predicted octanol–water partition coefficient (Wildman–Crippen LogP) is 5.42. The molecule has 7 heteroatoms. The van der Waals surface area contributed by atoms with Crippen molar-refractivity contribution in [2.75, 3.05) is 12.0 Å². The summed E-state index contributed by atoms with van der Waals surface area (Å²) < 4.78 is 25.2. The number of hydrogen-bond donors (Lipinski definition) is 0. The highest BCUT2D eigenvalue weighted by Gasteiger charge is 2.33. The van der Waals surface area contributed by atoms with E-state index in [1.165, 1.54) is 28.8 Å². The van der Waals surface area contributed by atoms with Crippen LogP contribution in [0, 0.1) is 5.82 Å². The average Bonchev–Trinajstić information content (AvgIpc) is 2.95. The molecule has 1 aliphatic heterocycles. The Bertz CT molecular complexity index is 945. The van der Waals surface area contributed by atoms with Crippen molar-refractivity contribution >= 4 is 46.0 Å². The number of thiocarbonyl (C=S) groups is 1. The molecule has 0 saturated carbocycles. The molecule has 3 rings (SSSR count). The first kappa shape index (κ1) is 20.4. The standard InChI is InChI=1S/C21H20FNO3S2/c1-4-13(2)26-17-9-8-14(10-18(17)25-3)11-19-20(24)23(21(27)28-19)16-7-5-6-15(22)12-16/h5-13H,4H2,1-3H3/b19-11+/t13-/m1/s1. The van der Waals surface area contributed by atoms with Crippen molar-refractivity contribution in [1.29, 1.82) is 0 Å². The molecule has 0 unspecified atom stereocenters. The van der Waals surface area contributed by atoms with Gasteiger partial charge in [-0.2, -0.15) is 0 Å². The molecular formula is C21H20FNO3S2. The normalized spacial score (nSPS) is 16.6. The van der Waals surface area contributed by atoms with E-state index in [1.807, 2.05) is 32.0 Å². The monoisotopic (exact) mass is 417 g/mol. The van der Waals surface area contributed by atoms with E-state index in [9.17, 15) is 9.18 Å². The Kier molecular flexibility index (Phi) is 6.36. The van der Waals surface area contributed by atoms with Gasteiger partial charge in [0.15, 0.2) is 15.8 Å². The molecule has 1 fully saturated rings. The Morgan fingerprint density at radius 3 is 2.71 bits per heavy atom. The third-order valence-corrected chi connectivity index (χ3v) is 5.55. The number of halogens is 1. The van der Waals surface area contributed by atoms with Crippen molar-refractivity contribution in [3.05, 3.63) is 58.8 Å². The maximum absolute atomic E-state index is 13.5.